The van der Waals surface area contributed by atoms with Gasteiger partial charge in [-0.25, -0.2) is 0 Å². The summed E-state index contributed by atoms with van der Waals surface area (Å²) in [7, 11) is 1.67. The SMILES string of the molecule is COc1cccc(CN(C[C@H](O)COCc2ccco2)C[C@H]2CCCO2)c1. The zero-order valence-electron chi connectivity index (χ0n) is 15.9. The molecular formula is C21H29NO5. The van der Waals surface area contributed by atoms with Crippen LogP contribution in [0.1, 0.15) is 24.2 Å². The number of aliphatic hydroxyl groups excluding tert-OH is 1. The van der Waals surface area contributed by atoms with E-state index in [1.165, 1.54) is 0 Å². The number of methoxy groups -OCH3 is 1. The molecule has 0 saturated carbocycles. The number of ether oxygens (including phenoxy) is 3. The normalized spacial score (nSPS) is 18.1. The van der Waals surface area contributed by atoms with Gasteiger partial charge in [-0.05, 0) is 42.7 Å². The van der Waals surface area contributed by atoms with Crippen molar-refractivity contribution >= 4 is 0 Å². The molecule has 0 amide bonds. The zero-order valence-corrected chi connectivity index (χ0v) is 15.9. The Morgan fingerprint density at radius 1 is 1.30 bits per heavy atom. The molecule has 1 saturated heterocycles. The van der Waals surface area contributed by atoms with Gasteiger partial charge in [-0.15, -0.1) is 0 Å². The van der Waals surface area contributed by atoms with Crippen LogP contribution < -0.4 is 4.74 Å². The molecule has 27 heavy (non-hydrogen) atoms. The predicted molar refractivity (Wildman–Crippen MR) is 102 cm³/mol. The molecule has 6 heteroatoms. The first kappa shape index (κ1) is 19.9. The quantitative estimate of drug-likeness (QED) is 0.652. The second-order valence-corrected chi connectivity index (χ2v) is 6.93. The van der Waals surface area contributed by atoms with E-state index in [0.29, 0.717) is 13.2 Å². The third kappa shape index (κ3) is 6.66. The van der Waals surface area contributed by atoms with Crippen LogP contribution in [-0.4, -0.2) is 55.6 Å². The van der Waals surface area contributed by atoms with Crippen molar-refractivity contribution in [3.63, 3.8) is 0 Å². The van der Waals surface area contributed by atoms with Crippen LogP contribution in [0.3, 0.4) is 0 Å². The van der Waals surface area contributed by atoms with E-state index in [2.05, 4.69) is 11.0 Å². The predicted octanol–water partition coefficient (Wildman–Crippen LogP) is 2.85. The molecule has 1 aliphatic heterocycles. The number of benzene rings is 1. The minimum absolute atomic E-state index is 0.229. The van der Waals surface area contributed by atoms with Crippen molar-refractivity contribution in [2.45, 2.75) is 38.2 Å². The first-order valence-corrected chi connectivity index (χ1v) is 9.48. The van der Waals surface area contributed by atoms with Crippen LogP contribution in [0.5, 0.6) is 5.75 Å². The molecule has 1 aromatic heterocycles. The van der Waals surface area contributed by atoms with Crippen LogP contribution in [0, 0.1) is 0 Å². The van der Waals surface area contributed by atoms with Gasteiger partial charge in [-0.1, -0.05) is 12.1 Å². The molecule has 0 unspecified atom stereocenters. The van der Waals surface area contributed by atoms with Crippen molar-refractivity contribution in [2.24, 2.45) is 0 Å². The van der Waals surface area contributed by atoms with Gasteiger partial charge in [0.15, 0.2) is 0 Å². The first-order valence-electron chi connectivity index (χ1n) is 9.48. The highest BCUT2D eigenvalue weighted by molar-refractivity contribution is 5.28. The van der Waals surface area contributed by atoms with Crippen molar-refractivity contribution < 1.29 is 23.7 Å². The molecule has 148 valence electrons. The minimum Gasteiger partial charge on any atom is -0.497 e. The topological polar surface area (TPSA) is 64.3 Å². The van der Waals surface area contributed by atoms with Crippen molar-refractivity contribution in [1.82, 2.24) is 4.90 Å². The Kier molecular flexibility index (Phi) is 7.71. The van der Waals surface area contributed by atoms with Crippen LogP contribution in [-0.2, 0) is 22.6 Å². The van der Waals surface area contributed by atoms with Crippen LogP contribution >= 0.6 is 0 Å². The molecule has 2 heterocycles. The van der Waals surface area contributed by atoms with Gasteiger partial charge in [0, 0.05) is 26.2 Å². The van der Waals surface area contributed by atoms with Crippen molar-refractivity contribution in [2.75, 3.05) is 33.4 Å². The van der Waals surface area contributed by atoms with Crippen LogP contribution in [0.15, 0.2) is 47.1 Å². The second kappa shape index (κ2) is 10.5. The van der Waals surface area contributed by atoms with Gasteiger partial charge in [-0.2, -0.15) is 0 Å². The van der Waals surface area contributed by atoms with E-state index in [4.69, 9.17) is 18.6 Å². The van der Waals surface area contributed by atoms with Gasteiger partial charge in [0.05, 0.1) is 32.2 Å². The molecule has 2 atom stereocenters. The van der Waals surface area contributed by atoms with Gasteiger partial charge in [0.25, 0.3) is 0 Å². The van der Waals surface area contributed by atoms with Gasteiger partial charge < -0.3 is 23.7 Å². The van der Waals surface area contributed by atoms with E-state index in [9.17, 15) is 5.11 Å². The summed E-state index contributed by atoms with van der Waals surface area (Å²) in [5, 5.41) is 10.4. The summed E-state index contributed by atoms with van der Waals surface area (Å²) in [6, 6.07) is 11.7. The average Bonchev–Trinajstić information content (AvgIpc) is 3.36. The standard InChI is InChI=1S/C21H29NO5/c1-24-19-6-2-5-17(11-19)12-22(14-20-7-3-9-26-20)13-18(23)15-25-16-21-8-4-10-27-21/h2,4-6,8,10-11,18,20,23H,3,7,9,12-16H2,1H3/t18-,20+/m0/s1. The van der Waals surface area contributed by atoms with E-state index in [0.717, 1.165) is 49.6 Å². The molecular weight excluding hydrogens is 346 g/mol. The number of hydrogen-bond acceptors (Lipinski definition) is 6. The summed E-state index contributed by atoms with van der Waals surface area (Å²) < 4.78 is 21.9. The van der Waals surface area contributed by atoms with Gasteiger partial charge in [-0.3, -0.25) is 4.90 Å². The van der Waals surface area contributed by atoms with Crippen LogP contribution in [0.4, 0.5) is 0 Å². The lowest BCUT2D eigenvalue weighted by Gasteiger charge is -2.27. The summed E-state index contributed by atoms with van der Waals surface area (Å²) >= 11 is 0. The van der Waals surface area contributed by atoms with Gasteiger partial charge in [0.2, 0.25) is 0 Å². The van der Waals surface area contributed by atoms with Crippen LogP contribution in [0.2, 0.25) is 0 Å². The maximum Gasteiger partial charge on any atom is 0.129 e. The lowest BCUT2D eigenvalue weighted by molar-refractivity contribution is -0.00636. The maximum absolute atomic E-state index is 10.4. The Hall–Kier alpha value is -1.86. The molecule has 0 bridgehead atoms. The third-order valence-electron chi connectivity index (χ3n) is 4.63. The summed E-state index contributed by atoms with van der Waals surface area (Å²) in [4.78, 5) is 2.23. The Balaban J connectivity index is 1.53. The molecule has 1 N–H and O–H groups in total. The molecule has 2 aromatic rings. The molecule has 0 aliphatic carbocycles. The maximum atomic E-state index is 10.4. The van der Waals surface area contributed by atoms with E-state index in [1.54, 1.807) is 13.4 Å². The Morgan fingerprint density at radius 3 is 2.96 bits per heavy atom. The van der Waals surface area contributed by atoms with E-state index >= 15 is 0 Å². The summed E-state index contributed by atoms with van der Waals surface area (Å²) in [6.07, 6.45) is 3.44. The smallest absolute Gasteiger partial charge is 0.129 e. The Morgan fingerprint density at radius 2 is 2.22 bits per heavy atom. The average molecular weight is 375 g/mol. The highest BCUT2D eigenvalue weighted by Gasteiger charge is 2.21. The molecule has 6 nitrogen and oxygen atoms in total. The minimum atomic E-state index is -0.577. The Labute approximate surface area is 160 Å². The van der Waals surface area contributed by atoms with Crippen molar-refractivity contribution in [3.8, 4) is 5.75 Å². The van der Waals surface area contributed by atoms with Crippen molar-refractivity contribution in [3.05, 3.63) is 54.0 Å². The highest BCUT2D eigenvalue weighted by atomic mass is 16.5. The van der Waals surface area contributed by atoms with E-state index in [-0.39, 0.29) is 12.7 Å². The molecule has 1 aromatic carbocycles. The fourth-order valence-electron chi connectivity index (χ4n) is 3.35. The van der Waals surface area contributed by atoms with Gasteiger partial charge in [0.1, 0.15) is 18.1 Å². The lowest BCUT2D eigenvalue weighted by Crippen LogP contribution is -2.39. The molecule has 1 aliphatic rings. The molecule has 0 radical (unpaired) electrons. The molecule has 0 spiro atoms. The Bertz CT molecular complexity index is 654. The fourth-order valence-corrected chi connectivity index (χ4v) is 3.35. The molecule has 1 fully saturated rings. The van der Waals surface area contributed by atoms with Crippen molar-refractivity contribution in [1.29, 1.82) is 0 Å². The number of hydrogen-bond donors (Lipinski definition) is 1. The second-order valence-electron chi connectivity index (χ2n) is 6.93. The lowest BCUT2D eigenvalue weighted by atomic mass is 10.1. The third-order valence-corrected chi connectivity index (χ3v) is 4.63. The monoisotopic (exact) mass is 375 g/mol. The first-order chi connectivity index (χ1) is 13.2. The highest BCUT2D eigenvalue weighted by Crippen LogP contribution is 2.18. The summed E-state index contributed by atoms with van der Waals surface area (Å²) in [6.45, 7) is 3.51. The summed E-state index contributed by atoms with van der Waals surface area (Å²) in [5.74, 6) is 1.60. The number of nitrogens with zero attached hydrogens (tertiary/aromatic N) is 1. The molecule has 3 rings (SSSR count). The number of aliphatic hydroxyl groups is 1. The fraction of sp³-hybridized carbons (Fsp3) is 0.524. The van der Waals surface area contributed by atoms with E-state index in [1.807, 2.05) is 30.3 Å². The number of furan rings is 1. The van der Waals surface area contributed by atoms with Crippen LogP contribution in [0.25, 0.3) is 0 Å². The summed E-state index contributed by atoms with van der Waals surface area (Å²) in [5.41, 5.74) is 1.15. The zero-order chi connectivity index (χ0) is 18.9. The van der Waals surface area contributed by atoms with E-state index < -0.39 is 6.10 Å². The van der Waals surface area contributed by atoms with Gasteiger partial charge >= 0.3 is 0 Å². The largest absolute Gasteiger partial charge is 0.497 e. The number of rotatable bonds is 11.